The van der Waals surface area contributed by atoms with Crippen molar-refractivity contribution >= 4 is 17.6 Å². The predicted octanol–water partition coefficient (Wildman–Crippen LogP) is 2.27. The Balaban J connectivity index is 2.31. The van der Waals surface area contributed by atoms with Crippen LogP contribution in [0.15, 0.2) is 59.6 Å². The average molecular weight is 294 g/mol. The summed E-state index contributed by atoms with van der Waals surface area (Å²) in [6.45, 7) is 1.86. The Hall–Kier alpha value is -2.95. The van der Waals surface area contributed by atoms with Gasteiger partial charge in [0, 0.05) is 17.0 Å². The van der Waals surface area contributed by atoms with Crippen molar-refractivity contribution in [3.05, 3.63) is 71.3 Å². The van der Waals surface area contributed by atoms with Gasteiger partial charge in [-0.2, -0.15) is 0 Å². The molecule has 0 saturated carbocycles. The van der Waals surface area contributed by atoms with E-state index in [1.165, 1.54) is 0 Å². The number of ketones is 1. The predicted molar refractivity (Wildman–Crippen MR) is 88.3 cm³/mol. The molecule has 2 rings (SSSR count). The number of guanidine groups is 1. The van der Waals surface area contributed by atoms with Gasteiger partial charge in [-0.15, -0.1) is 0 Å². The van der Waals surface area contributed by atoms with E-state index in [1.807, 2.05) is 37.3 Å². The molecule has 5 nitrogen and oxygen atoms in total. The van der Waals surface area contributed by atoms with Crippen molar-refractivity contribution in [2.45, 2.75) is 12.8 Å². The van der Waals surface area contributed by atoms with E-state index in [1.54, 1.807) is 24.3 Å². The summed E-state index contributed by atoms with van der Waals surface area (Å²) in [7, 11) is 0. The second-order valence-electron chi connectivity index (χ2n) is 4.96. The van der Waals surface area contributed by atoms with Gasteiger partial charge in [0.25, 0.3) is 0 Å². The molecule has 5 N–H and O–H groups in total. The van der Waals surface area contributed by atoms with Crippen molar-refractivity contribution in [3.63, 3.8) is 0 Å². The maximum Gasteiger partial charge on any atom is 0.214 e. The fraction of sp³-hybridized carbons (Fsp3) is 0.118. The minimum Gasteiger partial charge on any atom is -0.387 e. The molecule has 0 bridgehead atoms. The highest BCUT2D eigenvalue weighted by Crippen LogP contribution is 2.19. The van der Waals surface area contributed by atoms with E-state index in [4.69, 9.17) is 16.9 Å². The van der Waals surface area contributed by atoms with Crippen molar-refractivity contribution in [2.24, 2.45) is 16.5 Å². The average Bonchev–Trinajstić information content (AvgIpc) is 2.53. The van der Waals surface area contributed by atoms with Crippen molar-refractivity contribution in [2.75, 3.05) is 0 Å². The lowest BCUT2D eigenvalue weighted by Crippen LogP contribution is -2.23. The lowest BCUT2D eigenvalue weighted by atomic mass is 9.95. The quantitative estimate of drug-likeness (QED) is 0.457. The van der Waals surface area contributed by atoms with Crippen LogP contribution in [0.2, 0.25) is 0 Å². The topological polar surface area (TPSA) is 105 Å². The summed E-state index contributed by atoms with van der Waals surface area (Å²) >= 11 is 0. The first kappa shape index (κ1) is 15.4. The van der Waals surface area contributed by atoms with Gasteiger partial charge in [-0.3, -0.25) is 10.2 Å². The number of nitrogens with two attached hydrogens (primary N) is 2. The fourth-order valence-electron chi connectivity index (χ4n) is 2.11. The van der Waals surface area contributed by atoms with E-state index in [0.29, 0.717) is 11.1 Å². The maximum absolute atomic E-state index is 12.5. The van der Waals surface area contributed by atoms with E-state index in [2.05, 4.69) is 4.99 Å². The van der Waals surface area contributed by atoms with Crippen molar-refractivity contribution in [1.82, 2.24) is 0 Å². The molecule has 1 unspecified atom stereocenters. The zero-order valence-corrected chi connectivity index (χ0v) is 12.3. The van der Waals surface area contributed by atoms with Crippen LogP contribution in [0.3, 0.4) is 0 Å². The molecular formula is C17H18N4O. The molecule has 22 heavy (non-hydrogen) atoms. The Bertz CT molecular complexity index is 722. The van der Waals surface area contributed by atoms with Crippen molar-refractivity contribution < 1.29 is 4.79 Å². The molecule has 0 aliphatic heterocycles. The smallest absolute Gasteiger partial charge is 0.214 e. The van der Waals surface area contributed by atoms with Crippen LogP contribution in [0.25, 0.3) is 0 Å². The number of nitrogens with zero attached hydrogens (tertiary/aromatic N) is 1. The minimum atomic E-state index is -0.333. The van der Waals surface area contributed by atoms with Gasteiger partial charge in [0.05, 0.1) is 0 Å². The third kappa shape index (κ3) is 3.58. The normalized spacial score (nSPS) is 12.7. The molecular weight excluding hydrogens is 276 g/mol. The first-order valence-electron chi connectivity index (χ1n) is 6.87. The summed E-state index contributed by atoms with van der Waals surface area (Å²) in [5.74, 6) is -0.359. The molecule has 0 amide bonds. The van der Waals surface area contributed by atoms with Crippen LogP contribution >= 0.6 is 0 Å². The fourth-order valence-corrected chi connectivity index (χ4v) is 2.11. The summed E-state index contributed by atoms with van der Waals surface area (Å²) in [5.41, 5.74) is 13.1. The number of hydrogen-bond donors (Lipinski definition) is 3. The monoisotopic (exact) mass is 294 g/mol. The lowest BCUT2D eigenvalue weighted by molar-refractivity contribution is 0.103. The Kier molecular flexibility index (Phi) is 4.68. The molecule has 2 aromatic carbocycles. The lowest BCUT2D eigenvalue weighted by Gasteiger charge is -2.12. The maximum atomic E-state index is 12.5. The van der Waals surface area contributed by atoms with Gasteiger partial charge < -0.3 is 11.5 Å². The van der Waals surface area contributed by atoms with Gasteiger partial charge in [0.15, 0.2) is 5.78 Å². The Morgan fingerprint density at radius 2 is 1.68 bits per heavy atom. The minimum absolute atomic E-state index is 0.0447. The molecule has 5 heteroatoms. The highest BCUT2D eigenvalue weighted by molar-refractivity contribution is 6.09. The second-order valence-corrected chi connectivity index (χ2v) is 4.96. The Morgan fingerprint density at radius 1 is 1.05 bits per heavy atom. The van der Waals surface area contributed by atoms with Crippen LogP contribution in [0, 0.1) is 5.41 Å². The molecule has 1 atom stereocenters. The summed E-state index contributed by atoms with van der Waals surface area (Å²) in [4.78, 5) is 16.2. The second kappa shape index (κ2) is 6.67. The van der Waals surface area contributed by atoms with Crippen LogP contribution in [0.1, 0.15) is 34.3 Å². The molecule has 0 aliphatic carbocycles. The molecule has 0 aromatic heterocycles. The van der Waals surface area contributed by atoms with Crippen LogP contribution in [-0.2, 0) is 0 Å². The third-order valence-electron chi connectivity index (χ3n) is 3.38. The Labute approximate surface area is 129 Å². The highest BCUT2D eigenvalue weighted by atomic mass is 16.1. The van der Waals surface area contributed by atoms with Gasteiger partial charge in [-0.25, -0.2) is 4.99 Å². The standard InChI is InChI=1S/C17H18N4O/c1-11(16(18)21-17(19)20)13-8-5-9-14(10-13)15(22)12-6-3-2-4-7-12/h2-11H,1H3,(H5,18,19,20,21). The molecule has 0 saturated heterocycles. The summed E-state index contributed by atoms with van der Waals surface area (Å²) in [6.07, 6.45) is 0. The van der Waals surface area contributed by atoms with E-state index in [9.17, 15) is 4.79 Å². The molecule has 0 fully saturated rings. The van der Waals surface area contributed by atoms with Gasteiger partial charge in [-0.05, 0) is 11.6 Å². The number of carbonyl (C=O) groups excluding carboxylic acids is 1. The van der Waals surface area contributed by atoms with E-state index < -0.39 is 0 Å². The number of nitrogens with one attached hydrogen (secondary N) is 1. The number of amidine groups is 1. The molecule has 0 radical (unpaired) electrons. The number of carbonyl (C=O) groups is 1. The van der Waals surface area contributed by atoms with E-state index in [-0.39, 0.29) is 23.5 Å². The molecule has 112 valence electrons. The molecule has 0 heterocycles. The number of rotatable bonds is 4. The zero-order chi connectivity index (χ0) is 16.1. The van der Waals surface area contributed by atoms with Crippen LogP contribution in [-0.4, -0.2) is 17.6 Å². The summed E-state index contributed by atoms with van der Waals surface area (Å²) in [6, 6.07) is 16.3. The first-order valence-corrected chi connectivity index (χ1v) is 6.87. The van der Waals surface area contributed by atoms with E-state index in [0.717, 1.165) is 5.56 Å². The number of hydrogen-bond acceptors (Lipinski definition) is 2. The molecule has 0 spiro atoms. The number of aliphatic imine (C=N–C) groups is 1. The first-order chi connectivity index (χ1) is 10.5. The molecule has 0 aliphatic rings. The van der Waals surface area contributed by atoms with Gasteiger partial charge >= 0.3 is 0 Å². The van der Waals surface area contributed by atoms with Gasteiger partial charge in [-0.1, -0.05) is 55.5 Å². The van der Waals surface area contributed by atoms with Crippen LogP contribution < -0.4 is 11.5 Å². The van der Waals surface area contributed by atoms with E-state index >= 15 is 0 Å². The summed E-state index contributed by atoms with van der Waals surface area (Å²) in [5, 5.41) is 7.16. The molecule has 2 aromatic rings. The van der Waals surface area contributed by atoms with Crippen LogP contribution in [0.5, 0.6) is 0 Å². The SMILES string of the molecule is CC(/C(N)=N/C(=N)N)c1cccc(C(=O)c2ccccc2)c1. The van der Waals surface area contributed by atoms with Crippen molar-refractivity contribution in [1.29, 1.82) is 5.41 Å². The number of benzene rings is 2. The third-order valence-corrected chi connectivity index (χ3v) is 3.38. The summed E-state index contributed by atoms with van der Waals surface area (Å²) < 4.78 is 0. The van der Waals surface area contributed by atoms with Crippen LogP contribution in [0.4, 0.5) is 0 Å². The van der Waals surface area contributed by atoms with Gasteiger partial charge in [0.1, 0.15) is 5.84 Å². The van der Waals surface area contributed by atoms with Gasteiger partial charge in [0.2, 0.25) is 5.96 Å². The Morgan fingerprint density at radius 3 is 2.32 bits per heavy atom. The largest absolute Gasteiger partial charge is 0.387 e. The zero-order valence-electron chi connectivity index (χ0n) is 12.3. The van der Waals surface area contributed by atoms with Crippen molar-refractivity contribution in [3.8, 4) is 0 Å². The highest BCUT2D eigenvalue weighted by Gasteiger charge is 2.14.